The molecule has 0 bridgehead atoms. The van der Waals surface area contributed by atoms with Crippen LogP contribution in [0.2, 0.25) is 0 Å². The fourth-order valence-electron chi connectivity index (χ4n) is 7.75. The maximum absolute atomic E-state index is 12.6. The van der Waals surface area contributed by atoms with Crippen LogP contribution in [0.5, 0.6) is 0 Å². The lowest BCUT2D eigenvalue weighted by molar-refractivity contribution is -0.332. The number of hydrogen-bond acceptors (Lipinski definition) is 14. The number of ether oxygens (including phenoxy) is 6. The minimum atomic E-state index is -1.70. The molecule has 2 aliphatic rings. The Morgan fingerprint density at radius 1 is 0.525 bits per heavy atom. The average Bonchev–Trinajstić information content (AvgIpc) is 3.25. The van der Waals surface area contributed by atoms with E-state index in [-0.39, 0.29) is 19.6 Å². The van der Waals surface area contributed by atoms with E-state index in [2.05, 4.69) is 19.1 Å². The van der Waals surface area contributed by atoms with Gasteiger partial charge in [0.1, 0.15) is 54.9 Å². The number of rotatable bonds is 38. The van der Waals surface area contributed by atoms with Gasteiger partial charge in [-0.15, -0.1) is 0 Å². The largest absolute Gasteiger partial charge is 0.457 e. The van der Waals surface area contributed by atoms with Crippen LogP contribution in [-0.4, -0.2) is 142 Å². The fraction of sp³-hybridized carbons (Fsp3) is 0.936. The van der Waals surface area contributed by atoms with E-state index in [4.69, 9.17) is 28.4 Å². The third-order valence-corrected chi connectivity index (χ3v) is 11.8. The minimum Gasteiger partial charge on any atom is -0.457 e. The number of aliphatic hydroxyl groups excluding tert-OH is 7. The maximum Gasteiger partial charge on any atom is 0.306 e. The Morgan fingerprint density at radius 3 is 1.49 bits per heavy atom. The summed E-state index contributed by atoms with van der Waals surface area (Å²) >= 11 is 0. The highest BCUT2D eigenvalue weighted by Gasteiger charge is 2.47. The first-order chi connectivity index (χ1) is 29.6. The highest BCUT2D eigenvalue weighted by Crippen LogP contribution is 2.26. The summed E-state index contributed by atoms with van der Waals surface area (Å²) in [5, 5.41) is 71.6. The third kappa shape index (κ3) is 24.6. The number of carbonyl (C=O) groups excluding carboxylic acids is 1. The van der Waals surface area contributed by atoms with Crippen molar-refractivity contribution in [3.8, 4) is 0 Å². The second kappa shape index (κ2) is 36.0. The summed E-state index contributed by atoms with van der Waals surface area (Å²) in [6.45, 7) is 3.51. The molecule has 0 aliphatic carbocycles. The first-order valence-corrected chi connectivity index (χ1v) is 24.3. The zero-order chi connectivity index (χ0) is 44.5. The van der Waals surface area contributed by atoms with Crippen LogP contribution < -0.4 is 0 Å². The summed E-state index contributed by atoms with van der Waals surface area (Å²) in [6.07, 6.45) is 19.7. The lowest BCUT2D eigenvalue weighted by atomic mass is 9.98. The Labute approximate surface area is 367 Å². The summed E-state index contributed by atoms with van der Waals surface area (Å²) in [6, 6.07) is 0. The molecule has 2 saturated heterocycles. The molecule has 14 heteroatoms. The van der Waals surface area contributed by atoms with Gasteiger partial charge in [-0.3, -0.25) is 4.79 Å². The summed E-state index contributed by atoms with van der Waals surface area (Å²) in [5.74, 6) is -0.399. The Balaban J connectivity index is 1.59. The third-order valence-electron chi connectivity index (χ3n) is 11.8. The van der Waals surface area contributed by atoms with Crippen LogP contribution in [0.4, 0.5) is 0 Å². The molecule has 61 heavy (non-hydrogen) atoms. The van der Waals surface area contributed by atoms with Crippen molar-refractivity contribution in [3.63, 3.8) is 0 Å². The van der Waals surface area contributed by atoms with Crippen molar-refractivity contribution in [3.05, 3.63) is 12.2 Å². The number of esters is 1. The van der Waals surface area contributed by atoms with E-state index in [0.717, 1.165) is 32.1 Å². The number of carbonyl (C=O) groups is 1. The van der Waals surface area contributed by atoms with Gasteiger partial charge in [0.25, 0.3) is 0 Å². The molecule has 0 aromatic heterocycles. The van der Waals surface area contributed by atoms with Gasteiger partial charge in [0.05, 0.1) is 26.4 Å². The Hall–Kier alpha value is -1.27. The molecule has 0 aromatic carbocycles. The van der Waals surface area contributed by atoms with Crippen molar-refractivity contribution in [2.45, 2.75) is 248 Å². The van der Waals surface area contributed by atoms with Gasteiger partial charge in [-0.1, -0.05) is 148 Å². The smallest absolute Gasteiger partial charge is 0.306 e. The highest BCUT2D eigenvalue weighted by molar-refractivity contribution is 5.69. The van der Waals surface area contributed by atoms with E-state index in [1.807, 2.05) is 6.92 Å². The number of hydrogen-bond donors (Lipinski definition) is 7. The monoisotopic (exact) mass is 877 g/mol. The normalized spacial score (nSPS) is 27.5. The van der Waals surface area contributed by atoms with Crippen LogP contribution in [0.3, 0.4) is 0 Å². The molecular weight excluding hydrogens is 789 g/mol. The summed E-state index contributed by atoms with van der Waals surface area (Å²) in [7, 11) is 0. The standard InChI is InChI=1S/C47H88O14/c1-3-5-7-8-9-10-11-12-13-14-15-16-17-18-19-20-21-22-23-24-25-26-27-29-31-56-33-36(59-39(49)30-28-6-4-2)34-57-46-45(55)43(53)41(51)38(61-46)35-58-47-44(54)42(52)40(50)37(32-48)60-47/h14-15,36-38,40-48,50-55H,3-13,16-35H2,1-2H3/b15-14-. The van der Waals surface area contributed by atoms with Crippen molar-refractivity contribution in [1.82, 2.24) is 0 Å². The van der Waals surface area contributed by atoms with E-state index in [1.54, 1.807) is 0 Å². The summed E-state index contributed by atoms with van der Waals surface area (Å²) < 4.78 is 33.9. The quantitative estimate of drug-likeness (QED) is 0.0206. The molecule has 2 rings (SSSR count). The van der Waals surface area contributed by atoms with E-state index in [0.29, 0.717) is 13.0 Å². The number of unbranched alkanes of at least 4 members (excludes halogenated alkanes) is 22. The van der Waals surface area contributed by atoms with Crippen LogP contribution in [0.15, 0.2) is 12.2 Å². The zero-order valence-corrected chi connectivity index (χ0v) is 37.9. The van der Waals surface area contributed by atoms with E-state index in [1.165, 1.54) is 122 Å². The van der Waals surface area contributed by atoms with Crippen LogP contribution in [0, 0.1) is 0 Å². The van der Waals surface area contributed by atoms with Gasteiger partial charge in [0.2, 0.25) is 0 Å². The van der Waals surface area contributed by atoms with Crippen LogP contribution in [0.25, 0.3) is 0 Å². The molecule has 0 radical (unpaired) electrons. The molecule has 7 N–H and O–H groups in total. The fourth-order valence-corrected chi connectivity index (χ4v) is 7.75. The Kier molecular flexibility index (Phi) is 33.0. The summed E-state index contributed by atoms with van der Waals surface area (Å²) in [5.41, 5.74) is 0. The molecule has 11 unspecified atom stereocenters. The molecule has 0 spiro atoms. The average molecular weight is 877 g/mol. The van der Waals surface area contributed by atoms with Gasteiger partial charge in [-0.05, 0) is 38.5 Å². The molecule has 2 fully saturated rings. The maximum atomic E-state index is 12.6. The van der Waals surface area contributed by atoms with Gasteiger partial charge >= 0.3 is 5.97 Å². The predicted molar refractivity (Wildman–Crippen MR) is 234 cm³/mol. The van der Waals surface area contributed by atoms with Gasteiger partial charge in [0.15, 0.2) is 12.6 Å². The molecule has 2 aliphatic heterocycles. The van der Waals surface area contributed by atoms with Gasteiger partial charge in [-0.2, -0.15) is 0 Å². The molecular formula is C47H88O14. The van der Waals surface area contributed by atoms with Crippen LogP contribution in [0.1, 0.15) is 181 Å². The topological polar surface area (TPSA) is 214 Å². The Morgan fingerprint density at radius 2 is 0.967 bits per heavy atom. The molecule has 2 heterocycles. The minimum absolute atomic E-state index is 0.0627. The number of aliphatic hydroxyl groups is 7. The van der Waals surface area contributed by atoms with Crippen molar-refractivity contribution in [1.29, 1.82) is 0 Å². The van der Waals surface area contributed by atoms with Gasteiger partial charge < -0.3 is 64.2 Å². The van der Waals surface area contributed by atoms with E-state index < -0.39 is 86.7 Å². The highest BCUT2D eigenvalue weighted by atomic mass is 16.7. The van der Waals surface area contributed by atoms with Crippen molar-refractivity contribution >= 4 is 5.97 Å². The van der Waals surface area contributed by atoms with Gasteiger partial charge in [-0.25, -0.2) is 0 Å². The van der Waals surface area contributed by atoms with E-state index >= 15 is 0 Å². The van der Waals surface area contributed by atoms with Crippen LogP contribution >= 0.6 is 0 Å². The van der Waals surface area contributed by atoms with Crippen molar-refractivity contribution in [2.24, 2.45) is 0 Å². The molecule has 0 aromatic rings. The van der Waals surface area contributed by atoms with Crippen molar-refractivity contribution in [2.75, 3.05) is 33.0 Å². The SMILES string of the molecule is CCCCCCCCCC/C=C\CCCCCCCCCCCCCCOCC(COC1OC(COC2OC(CO)C(O)C(O)C2O)C(O)C(O)C1O)OC(=O)CCCCC. The lowest BCUT2D eigenvalue weighted by Crippen LogP contribution is -2.61. The van der Waals surface area contributed by atoms with Gasteiger partial charge in [0, 0.05) is 13.0 Å². The second-order valence-electron chi connectivity index (χ2n) is 17.3. The molecule has 14 nitrogen and oxygen atoms in total. The van der Waals surface area contributed by atoms with E-state index in [9.17, 15) is 40.5 Å². The van der Waals surface area contributed by atoms with Crippen molar-refractivity contribution < 1.29 is 69.0 Å². The number of allylic oxidation sites excluding steroid dienone is 2. The molecule has 0 saturated carbocycles. The second-order valence-corrected chi connectivity index (χ2v) is 17.3. The first-order valence-electron chi connectivity index (χ1n) is 24.3. The van der Waals surface area contributed by atoms with Crippen LogP contribution in [-0.2, 0) is 33.2 Å². The first kappa shape index (κ1) is 55.9. The molecule has 0 amide bonds. The lowest BCUT2D eigenvalue weighted by Gasteiger charge is -2.42. The summed E-state index contributed by atoms with van der Waals surface area (Å²) in [4.78, 5) is 12.6. The Bertz CT molecular complexity index is 1060. The molecule has 11 atom stereocenters. The molecule has 360 valence electrons. The zero-order valence-electron chi connectivity index (χ0n) is 37.9. The predicted octanol–water partition coefficient (Wildman–Crippen LogP) is 6.29.